The highest BCUT2D eigenvalue weighted by molar-refractivity contribution is 9.10. The molecule has 1 aromatic carbocycles. The fourth-order valence-electron chi connectivity index (χ4n) is 1.88. The van der Waals surface area contributed by atoms with E-state index in [0.717, 1.165) is 4.47 Å². The van der Waals surface area contributed by atoms with Crippen LogP contribution in [0.25, 0.3) is 0 Å². The highest BCUT2D eigenvalue weighted by Crippen LogP contribution is 2.38. The second-order valence-corrected chi connectivity index (χ2v) is 5.53. The number of nitrogens with one attached hydrogen (secondary N) is 2. The van der Waals surface area contributed by atoms with Crippen LogP contribution >= 0.6 is 15.9 Å². The van der Waals surface area contributed by atoms with Crippen molar-refractivity contribution in [3.63, 3.8) is 0 Å². The standard InChI is InChI=1S/C13H15BrN2O3/c14-9-5-11-12(19-4-3-18-11)6-10(9)16-13(17)7-15-8-1-2-8/h5-6,8,15H,1-4,7H2,(H,16,17). The maximum Gasteiger partial charge on any atom is 0.238 e. The van der Waals surface area contributed by atoms with Crippen LogP contribution in [0, 0.1) is 0 Å². The molecule has 0 unspecified atom stereocenters. The van der Waals surface area contributed by atoms with E-state index in [1.54, 1.807) is 6.07 Å². The number of ether oxygens (including phenoxy) is 2. The number of hydrogen-bond donors (Lipinski definition) is 2. The number of carbonyl (C=O) groups excluding carboxylic acids is 1. The van der Waals surface area contributed by atoms with Gasteiger partial charge >= 0.3 is 0 Å². The van der Waals surface area contributed by atoms with Gasteiger partial charge in [-0.05, 0) is 28.8 Å². The van der Waals surface area contributed by atoms with Crippen molar-refractivity contribution in [3.05, 3.63) is 16.6 Å². The summed E-state index contributed by atoms with van der Waals surface area (Å²) in [5.41, 5.74) is 0.701. The first-order valence-electron chi connectivity index (χ1n) is 6.35. The lowest BCUT2D eigenvalue weighted by Gasteiger charge is -2.20. The summed E-state index contributed by atoms with van der Waals surface area (Å²) in [4.78, 5) is 11.8. The molecule has 6 heteroatoms. The highest BCUT2D eigenvalue weighted by atomic mass is 79.9. The topological polar surface area (TPSA) is 59.6 Å². The van der Waals surface area contributed by atoms with E-state index in [2.05, 4.69) is 26.6 Å². The van der Waals surface area contributed by atoms with Gasteiger partial charge in [-0.15, -0.1) is 0 Å². The van der Waals surface area contributed by atoms with Gasteiger partial charge in [-0.3, -0.25) is 4.79 Å². The summed E-state index contributed by atoms with van der Waals surface area (Å²) >= 11 is 3.43. The predicted octanol–water partition coefficient (Wildman–Crippen LogP) is 1.91. The van der Waals surface area contributed by atoms with Gasteiger partial charge in [0.25, 0.3) is 0 Å². The van der Waals surface area contributed by atoms with E-state index in [-0.39, 0.29) is 5.91 Å². The van der Waals surface area contributed by atoms with Crippen molar-refractivity contribution in [2.24, 2.45) is 0 Å². The Labute approximate surface area is 119 Å². The third kappa shape index (κ3) is 3.19. The predicted molar refractivity (Wildman–Crippen MR) is 74.8 cm³/mol. The molecule has 0 spiro atoms. The Morgan fingerprint density at radius 3 is 2.63 bits per heavy atom. The van der Waals surface area contributed by atoms with Crippen molar-refractivity contribution in [1.29, 1.82) is 0 Å². The smallest absolute Gasteiger partial charge is 0.238 e. The lowest BCUT2D eigenvalue weighted by Crippen LogP contribution is -2.29. The van der Waals surface area contributed by atoms with Crippen molar-refractivity contribution in [2.45, 2.75) is 18.9 Å². The van der Waals surface area contributed by atoms with Crippen molar-refractivity contribution < 1.29 is 14.3 Å². The number of benzene rings is 1. The Morgan fingerprint density at radius 1 is 1.26 bits per heavy atom. The van der Waals surface area contributed by atoms with Gasteiger partial charge in [0.15, 0.2) is 11.5 Å². The van der Waals surface area contributed by atoms with Crippen molar-refractivity contribution in [1.82, 2.24) is 5.32 Å². The molecular weight excluding hydrogens is 312 g/mol. The molecule has 1 fully saturated rings. The molecule has 1 heterocycles. The number of rotatable bonds is 4. The van der Waals surface area contributed by atoms with Crippen LogP contribution in [0.2, 0.25) is 0 Å². The third-order valence-corrected chi connectivity index (χ3v) is 3.69. The molecule has 102 valence electrons. The molecule has 0 aromatic heterocycles. The summed E-state index contributed by atoms with van der Waals surface area (Å²) in [5, 5.41) is 6.03. The average Bonchev–Trinajstić information content (AvgIpc) is 3.21. The van der Waals surface area contributed by atoms with Crippen LogP contribution < -0.4 is 20.1 Å². The number of halogens is 1. The van der Waals surface area contributed by atoms with Gasteiger partial charge in [0, 0.05) is 22.6 Å². The molecule has 2 aliphatic rings. The lowest BCUT2D eigenvalue weighted by molar-refractivity contribution is -0.115. The minimum atomic E-state index is -0.0516. The Bertz CT molecular complexity index is 503. The van der Waals surface area contributed by atoms with Gasteiger partial charge in [0.2, 0.25) is 5.91 Å². The van der Waals surface area contributed by atoms with Gasteiger partial charge in [0.05, 0.1) is 12.2 Å². The normalized spacial score (nSPS) is 17.1. The second kappa shape index (κ2) is 5.38. The van der Waals surface area contributed by atoms with Crippen molar-refractivity contribution in [2.75, 3.05) is 25.1 Å². The van der Waals surface area contributed by atoms with Crippen LogP contribution in [0.1, 0.15) is 12.8 Å². The fraction of sp³-hybridized carbons (Fsp3) is 0.462. The van der Waals surface area contributed by atoms with E-state index < -0.39 is 0 Å². The summed E-state index contributed by atoms with van der Waals surface area (Å²) in [6, 6.07) is 4.13. The quantitative estimate of drug-likeness (QED) is 0.887. The zero-order valence-corrected chi connectivity index (χ0v) is 12.0. The first-order chi connectivity index (χ1) is 9.22. The first-order valence-corrected chi connectivity index (χ1v) is 7.14. The Morgan fingerprint density at radius 2 is 1.95 bits per heavy atom. The molecule has 1 aliphatic carbocycles. The molecule has 0 bridgehead atoms. The summed E-state index contributed by atoms with van der Waals surface area (Å²) in [5.74, 6) is 1.32. The van der Waals surface area contributed by atoms with Gasteiger partial charge in [-0.25, -0.2) is 0 Å². The molecule has 0 saturated heterocycles. The summed E-state index contributed by atoms with van der Waals surface area (Å²) in [7, 11) is 0. The third-order valence-electron chi connectivity index (χ3n) is 3.03. The average molecular weight is 327 g/mol. The van der Waals surface area contributed by atoms with Crippen molar-refractivity contribution >= 4 is 27.5 Å². The van der Waals surface area contributed by atoms with Gasteiger partial charge in [-0.1, -0.05) is 0 Å². The molecular formula is C13H15BrN2O3. The molecule has 0 radical (unpaired) electrons. The first kappa shape index (κ1) is 12.7. The number of hydrogen-bond acceptors (Lipinski definition) is 4. The van der Waals surface area contributed by atoms with Crippen LogP contribution in [-0.4, -0.2) is 31.7 Å². The summed E-state index contributed by atoms with van der Waals surface area (Å²) < 4.78 is 11.8. The van der Waals surface area contributed by atoms with Gasteiger partial charge in [0.1, 0.15) is 13.2 Å². The zero-order chi connectivity index (χ0) is 13.2. The molecule has 1 aliphatic heterocycles. The minimum Gasteiger partial charge on any atom is -0.486 e. The van der Waals surface area contributed by atoms with E-state index in [4.69, 9.17) is 9.47 Å². The Kier molecular flexibility index (Phi) is 3.61. The molecule has 1 amide bonds. The maximum absolute atomic E-state index is 11.8. The van der Waals surface area contributed by atoms with Crippen LogP contribution in [0.4, 0.5) is 5.69 Å². The van der Waals surface area contributed by atoms with Crippen LogP contribution in [0.15, 0.2) is 16.6 Å². The largest absolute Gasteiger partial charge is 0.486 e. The number of carbonyl (C=O) groups is 1. The fourth-order valence-corrected chi connectivity index (χ4v) is 2.30. The summed E-state index contributed by atoms with van der Waals surface area (Å²) in [6.07, 6.45) is 2.34. The number of fused-ring (bicyclic) bond motifs is 1. The minimum absolute atomic E-state index is 0.0516. The molecule has 19 heavy (non-hydrogen) atoms. The van der Waals surface area contributed by atoms with Gasteiger partial charge < -0.3 is 20.1 Å². The van der Waals surface area contributed by atoms with Crippen LogP contribution in [0.5, 0.6) is 11.5 Å². The highest BCUT2D eigenvalue weighted by Gasteiger charge is 2.21. The van der Waals surface area contributed by atoms with E-state index in [9.17, 15) is 4.79 Å². The molecule has 2 N–H and O–H groups in total. The summed E-state index contributed by atoms with van der Waals surface area (Å²) in [6.45, 7) is 1.42. The second-order valence-electron chi connectivity index (χ2n) is 4.68. The molecule has 3 rings (SSSR count). The molecule has 5 nitrogen and oxygen atoms in total. The zero-order valence-electron chi connectivity index (χ0n) is 10.4. The van der Waals surface area contributed by atoms with Crippen LogP contribution in [-0.2, 0) is 4.79 Å². The van der Waals surface area contributed by atoms with Crippen molar-refractivity contribution in [3.8, 4) is 11.5 Å². The number of anilines is 1. The van der Waals surface area contributed by atoms with E-state index in [0.29, 0.717) is 43.0 Å². The SMILES string of the molecule is O=C(CNC1CC1)Nc1cc2c(cc1Br)OCCO2. The van der Waals surface area contributed by atoms with E-state index >= 15 is 0 Å². The van der Waals surface area contributed by atoms with E-state index in [1.807, 2.05) is 6.07 Å². The molecule has 1 saturated carbocycles. The molecule has 1 aromatic rings. The Balaban J connectivity index is 1.67. The van der Waals surface area contributed by atoms with E-state index in [1.165, 1.54) is 12.8 Å². The molecule has 0 atom stereocenters. The lowest BCUT2D eigenvalue weighted by atomic mass is 10.2. The number of amides is 1. The van der Waals surface area contributed by atoms with Crippen LogP contribution in [0.3, 0.4) is 0 Å². The van der Waals surface area contributed by atoms with Gasteiger partial charge in [-0.2, -0.15) is 0 Å². The maximum atomic E-state index is 11.8. The monoisotopic (exact) mass is 326 g/mol. The Hall–Kier alpha value is -1.27.